The van der Waals surface area contributed by atoms with E-state index in [0.29, 0.717) is 18.0 Å². The minimum atomic E-state index is -0.784. The van der Waals surface area contributed by atoms with Gasteiger partial charge in [0.2, 0.25) is 0 Å². The van der Waals surface area contributed by atoms with Crippen LogP contribution in [0.15, 0.2) is 24.3 Å². The number of hydrogen-bond acceptors (Lipinski definition) is 4. The van der Waals surface area contributed by atoms with Crippen LogP contribution >= 0.6 is 0 Å². The van der Waals surface area contributed by atoms with Gasteiger partial charge in [-0.15, -0.1) is 0 Å². The number of carbonyl (C=O) groups is 2. The van der Waals surface area contributed by atoms with E-state index in [9.17, 15) is 9.59 Å². The number of quaternary nitrogens is 1. The Kier molecular flexibility index (Phi) is 7.86. The second-order valence-corrected chi connectivity index (χ2v) is 8.03. The Balaban J connectivity index is 1.43. The predicted octanol–water partition coefficient (Wildman–Crippen LogP) is 1.34. The third-order valence-corrected chi connectivity index (χ3v) is 5.79. The fourth-order valence-electron chi connectivity index (χ4n) is 3.95. The first-order chi connectivity index (χ1) is 13.6. The molecule has 0 aromatic heterocycles. The summed E-state index contributed by atoms with van der Waals surface area (Å²) in [5, 5.41) is 2.93. The second kappa shape index (κ2) is 10.6. The van der Waals surface area contributed by atoms with Gasteiger partial charge in [-0.25, -0.2) is 4.79 Å². The van der Waals surface area contributed by atoms with E-state index >= 15 is 0 Å². The summed E-state index contributed by atoms with van der Waals surface area (Å²) in [5.41, 5.74) is 1.67. The number of rotatable bonds is 7. The molecular formula is C22H33N2O4+. The van der Waals surface area contributed by atoms with Crippen molar-refractivity contribution >= 4 is 11.9 Å². The van der Waals surface area contributed by atoms with E-state index < -0.39 is 12.1 Å². The molecule has 1 aliphatic heterocycles. The van der Waals surface area contributed by atoms with Gasteiger partial charge < -0.3 is 19.7 Å². The largest absolute Gasteiger partial charge is 0.449 e. The fraction of sp³-hybridized carbons (Fsp3) is 0.636. The lowest BCUT2D eigenvalue weighted by Crippen LogP contribution is -3.12. The summed E-state index contributed by atoms with van der Waals surface area (Å²) < 4.78 is 10.7. The normalized spacial score (nSPS) is 19.8. The van der Waals surface area contributed by atoms with Crippen molar-refractivity contribution < 1.29 is 24.0 Å². The van der Waals surface area contributed by atoms with Crippen LogP contribution in [0.25, 0.3) is 0 Å². The SMILES string of the molecule is C[C@H](OC(=O)c1ccc(C[NH+]2CCOCC2)cc1)C(=O)NCC1CCCCC1. The Labute approximate surface area is 167 Å². The zero-order valence-electron chi connectivity index (χ0n) is 16.9. The maximum absolute atomic E-state index is 12.3. The lowest BCUT2D eigenvalue weighted by atomic mass is 9.89. The zero-order valence-corrected chi connectivity index (χ0v) is 16.9. The Bertz CT molecular complexity index is 634. The maximum atomic E-state index is 12.3. The van der Waals surface area contributed by atoms with Crippen molar-refractivity contribution in [2.75, 3.05) is 32.8 Å². The van der Waals surface area contributed by atoms with Gasteiger partial charge in [0.1, 0.15) is 19.6 Å². The molecule has 1 heterocycles. The number of hydrogen-bond donors (Lipinski definition) is 2. The lowest BCUT2D eigenvalue weighted by molar-refractivity contribution is -0.921. The van der Waals surface area contributed by atoms with Crippen LogP contribution in [0.5, 0.6) is 0 Å². The molecule has 1 saturated carbocycles. The van der Waals surface area contributed by atoms with E-state index in [0.717, 1.165) is 32.8 Å². The molecule has 1 aliphatic carbocycles. The van der Waals surface area contributed by atoms with Gasteiger partial charge in [-0.2, -0.15) is 0 Å². The molecule has 6 nitrogen and oxygen atoms in total. The summed E-state index contributed by atoms with van der Waals surface area (Å²) in [5.74, 6) is -0.112. The van der Waals surface area contributed by atoms with Gasteiger partial charge in [0, 0.05) is 12.1 Å². The van der Waals surface area contributed by atoms with Crippen molar-refractivity contribution in [1.82, 2.24) is 5.32 Å². The van der Waals surface area contributed by atoms with Crippen LogP contribution in [0.2, 0.25) is 0 Å². The number of carbonyl (C=O) groups excluding carboxylic acids is 2. The summed E-state index contributed by atoms with van der Waals surface area (Å²) in [6.45, 7) is 6.87. The van der Waals surface area contributed by atoms with Crippen LogP contribution in [0.1, 0.15) is 54.9 Å². The summed E-state index contributed by atoms with van der Waals surface area (Å²) in [4.78, 5) is 26.1. The van der Waals surface area contributed by atoms with E-state index in [2.05, 4.69) is 5.32 Å². The van der Waals surface area contributed by atoms with E-state index in [4.69, 9.17) is 9.47 Å². The smallest absolute Gasteiger partial charge is 0.338 e. The zero-order chi connectivity index (χ0) is 19.8. The molecule has 28 heavy (non-hydrogen) atoms. The highest BCUT2D eigenvalue weighted by atomic mass is 16.5. The van der Waals surface area contributed by atoms with Crippen LogP contribution in [-0.2, 0) is 20.8 Å². The van der Waals surface area contributed by atoms with Gasteiger partial charge >= 0.3 is 5.97 Å². The molecule has 1 atom stereocenters. The number of ether oxygens (including phenoxy) is 2. The van der Waals surface area contributed by atoms with Crippen molar-refractivity contribution in [2.24, 2.45) is 5.92 Å². The van der Waals surface area contributed by atoms with Crippen molar-refractivity contribution in [1.29, 1.82) is 0 Å². The molecule has 2 aliphatic rings. The summed E-state index contributed by atoms with van der Waals surface area (Å²) in [7, 11) is 0. The molecule has 1 saturated heterocycles. The molecule has 0 bridgehead atoms. The van der Waals surface area contributed by atoms with Crippen LogP contribution in [0, 0.1) is 5.92 Å². The highest BCUT2D eigenvalue weighted by Gasteiger charge is 2.21. The van der Waals surface area contributed by atoms with E-state index in [1.165, 1.54) is 42.6 Å². The topological polar surface area (TPSA) is 69.1 Å². The van der Waals surface area contributed by atoms with Gasteiger partial charge in [-0.1, -0.05) is 31.4 Å². The van der Waals surface area contributed by atoms with E-state index in [1.54, 1.807) is 19.1 Å². The molecule has 1 amide bonds. The number of amides is 1. The monoisotopic (exact) mass is 389 g/mol. The molecule has 1 aromatic carbocycles. The molecule has 0 unspecified atom stereocenters. The first-order valence-corrected chi connectivity index (χ1v) is 10.6. The van der Waals surface area contributed by atoms with Crippen molar-refractivity contribution in [2.45, 2.75) is 51.7 Å². The van der Waals surface area contributed by atoms with Crippen molar-refractivity contribution in [3.05, 3.63) is 35.4 Å². The molecule has 2 N–H and O–H groups in total. The van der Waals surface area contributed by atoms with Crippen LogP contribution in [0.4, 0.5) is 0 Å². The average Bonchev–Trinajstić information content (AvgIpc) is 2.74. The van der Waals surface area contributed by atoms with Crippen LogP contribution in [0.3, 0.4) is 0 Å². The van der Waals surface area contributed by atoms with Gasteiger partial charge in [0.25, 0.3) is 5.91 Å². The molecule has 6 heteroatoms. The van der Waals surface area contributed by atoms with E-state index in [-0.39, 0.29) is 5.91 Å². The highest BCUT2D eigenvalue weighted by molar-refractivity contribution is 5.92. The van der Waals surface area contributed by atoms with Gasteiger partial charge in [-0.3, -0.25) is 4.79 Å². The van der Waals surface area contributed by atoms with Gasteiger partial charge in [-0.05, 0) is 37.8 Å². The Morgan fingerprint density at radius 2 is 1.82 bits per heavy atom. The fourth-order valence-corrected chi connectivity index (χ4v) is 3.95. The van der Waals surface area contributed by atoms with Crippen molar-refractivity contribution in [3.63, 3.8) is 0 Å². The second-order valence-electron chi connectivity index (χ2n) is 8.03. The highest BCUT2D eigenvalue weighted by Crippen LogP contribution is 2.22. The number of morpholine rings is 1. The van der Waals surface area contributed by atoms with Gasteiger partial charge in [0.05, 0.1) is 18.8 Å². The first-order valence-electron chi connectivity index (χ1n) is 10.6. The Morgan fingerprint density at radius 1 is 1.14 bits per heavy atom. The molecular weight excluding hydrogens is 356 g/mol. The molecule has 0 radical (unpaired) electrons. The van der Waals surface area contributed by atoms with E-state index in [1.807, 2.05) is 12.1 Å². The van der Waals surface area contributed by atoms with Gasteiger partial charge in [0.15, 0.2) is 6.10 Å². The minimum absolute atomic E-state index is 0.216. The molecule has 154 valence electrons. The summed E-state index contributed by atoms with van der Waals surface area (Å²) in [6.07, 6.45) is 5.35. The molecule has 3 rings (SSSR count). The minimum Gasteiger partial charge on any atom is -0.449 e. The number of nitrogens with one attached hydrogen (secondary N) is 2. The van der Waals surface area contributed by atoms with Crippen LogP contribution in [-0.4, -0.2) is 50.8 Å². The molecule has 1 aromatic rings. The predicted molar refractivity (Wildman–Crippen MR) is 106 cm³/mol. The quantitative estimate of drug-likeness (QED) is 0.691. The standard InChI is InChI=1S/C22H32N2O4/c1-17(21(25)23-15-18-5-3-2-4-6-18)28-22(26)20-9-7-19(8-10-20)16-24-11-13-27-14-12-24/h7-10,17-18H,2-6,11-16H2,1H3,(H,23,25)/p+1/t17-/m0/s1. The summed E-state index contributed by atoms with van der Waals surface area (Å²) in [6, 6.07) is 7.49. The third kappa shape index (κ3) is 6.31. The Morgan fingerprint density at radius 3 is 2.50 bits per heavy atom. The van der Waals surface area contributed by atoms with Crippen LogP contribution < -0.4 is 10.2 Å². The average molecular weight is 390 g/mol. The Hall–Kier alpha value is -1.92. The molecule has 2 fully saturated rings. The summed E-state index contributed by atoms with van der Waals surface area (Å²) >= 11 is 0. The first kappa shape index (κ1) is 20.8. The number of esters is 1. The lowest BCUT2D eigenvalue weighted by Gasteiger charge is -2.23. The number of benzene rings is 1. The maximum Gasteiger partial charge on any atom is 0.338 e. The molecule has 0 spiro atoms. The third-order valence-electron chi connectivity index (χ3n) is 5.79. The van der Waals surface area contributed by atoms with Crippen molar-refractivity contribution in [3.8, 4) is 0 Å².